The van der Waals surface area contributed by atoms with Crippen LogP contribution in [0.2, 0.25) is 0 Å². The number of aryl methyl sites for hydroxylation is 2. The number of likely N-dealkylation sites (tertiary alicyclic amines) is 2. The fraction of sp³-hybridized carbons (Fsp3) is 0.645. The van der Waals surface area contributed by atoms with Crippen molar-refractivity contribution in [3.8, 4) is 0 Å². The van der Waals surface area contributed by atoms with Crippen molar-refractivity contribution in [3.63, 3.8) is 0 Å². The molecule has 464 valence electrons. The van der Waals surface area contributed by atoms with Gasteiger partial charge in [0.2, 0.25) is 0 Å². The van der Waals surface area contributed by atoms with E-state index in [1.165, 1.54) is 0 Å². The first-order valence-electron chi connectivity index (χ1n) is 28.9. The monoisotopic (exact) mass is 1210 g/mol. The summed E-state index contributed by atoms with van der Waals surface area (Å²) in [4.78, 5) is 88.1. The number of rotatable bonds is 13. The van der Waals surface area contributed by atoms with Gasteiger partial charge >= 0.3 is 18.2 Å². The number of hydrogen-bond acceptors (Lipinski definition) is 15. The Labute approximate surface area is 507 Å². The zero-order chi connectivity index (χ0) is 59.7. The number of carbonyl (C=O) groups excluding carboxylic acids is 4. The Hall–Kier alpha value is -5.25. The van der Waals surface area contributed by atoms with E-state index in [-0.39, 0.29) is 67.7 Å². The lowest BCUT2D eigenvalue weighted by molar-refractivity contribution is -0.115. The molecule has 0 spiro atoms. The number of carbonyl (C=O) groups is 5. The quantitative estimate of drug-likeness (QED) is 0.125. The lowest BCUT2D eigenvalue weighted by atomic mass is 9.93. The number of carboxylic acids is 1. The minimum atomic E-state index is -0.885. The second-order valence-corrected chi connectivity index (χ2v) is 26.1. The maximum Gasteiger partial charge on any atom is 0.410 e. The van der Waals surface area contributed by atoms with Crippen molar-refractivity contribution >= 4 is 74.9 Å². The number of aromatic amines is 1. The molecule has 4 fully saturated rings. The van der Waals surface area contributed by atoms with Crippen LogP contribution < -0.4 is 26.4 Å². The largest absolute Gasteiger partial charge is 0.478 e. The fourth-order valence-electron chi connectivity index (χ4n) is 11.5. The van der Waals surface area contributed by atoms with Crippen LogP contribution in [-0.2, 0) is 30.3 Å². The summed E-state index contributed by atoms with van der Waals surface area (Å²) in [6.07, 6.45) is 7.27. The molecule has 1 aliphatic carbocycles. The summed E-state index contributed by atoms with van der Waals surface area (Å²) in [7, 11) is 0. The number of aromatic nitrogens is 1. The Morgan fingerprint density at radius 1 is 0.747 bits per heavy atom. The van der Waals surface area contributed by atoms with Gasteiger partial charge in [-0.05, 0) is 164 Å². The molecule has 3 aromatic heterocycles. The Morgan fingerprint density at radius 2 is 1.19 bits per heavy atom. The molecule has 7 heterocycles. The van der Waals surface area contributed by atoms with E-state index >= 15 is 0 Å². The molecule has 4 saturated heterocycles. The van der Waals surface area contributed by atoms with Crippen LogP contribution >= 0.6 is 35.1 Å². The number of nitrogens with zero attached hydrogens (tertiary/aromatic N) is 4. The Morgan fingerprint density at radius 3 is 1.59 bits per heavy atom. The minimum absolute atomic E-state index is 0. The Kier molecular flexibility index (Phi) is 26.0. The molecule has 0 aromatic carbocycles. The predicted octanol–water partition coefficient (Wildman–Crippen LogP) is 11.7. The van der Waals surface area contributed by atoms with Gasteiger partial charge in [0.1, 0.15) is 11.2 Å². The van der Waals surface area contributed by atoms with E-state index in [4.69, 9.17) is 24.7 Å². The van der Waals surface area contributed by atoms with Crippen LogP contribution in [0.25, 0.3) is 0 Å². The average Bonchev–Trinajstić information content (AvgIpc) is 3.14. The van der Waals surface area contributed by atoms with Crippen molar-refractivity contribution in [1.29, 1.82) is 0 Å². The molecule has 3 aromatic rings. The minimum Gasteiger partial charge on any atom is -0.478 e. The van der Waals surface area contributed by atoms with Gasteiger partial charge in [0, 0.05) is 136 Å². The highest BCUT2D eigenvalue weighted by atomic mass is 35.5. The number of ketones is 1. The first-order valence-corrected chi connectivity index (χ1v) is 30.5. The number of carboxylic acid groups (broad SMARTS) is 1. The van der Waals surface area contributed by atoms with Crippen molar-refractivity contribution in [2.75, 3.05) is 82.0 Å². The molecule has 83 heavy (non-hydrogen) atoms. The van der Waals surface area contributed by atoms with Crippen molar-refractivity contribution in [2.45, 2.75) is 191 Å². The van der Waals surface area contributed by atoms with Crippen molar-refractivity contribution in [2.24, 2.45) is 5.73 Å². The maximum atomic E-state index is 13.8. The molecule has 8 rings (SSSR count). The number of thiophene rings is 2. The number of ether oxygens (including phenoxy) is 4. The van der Waals surface area contributed by atoms with Gasteiger partial charge in [-0.15, -0.1) is 35.1 Å². The number of aromatic carboxylic acids is 1. The van der Waals surface area contributed by atoms with Crippen LogP contribution in [-0.4, -0.2) is 145 Å². The van der Waals surface area contributed by atoms with Crippen LogP contribution in [0.3, 0.4) is 0 Å². The molecule has 2 atom stereocenters. The number of pyridine rings is 1. The highest BCUT2D eigenvalue weighted by molar-refractivity contribution is 7.17. The van der Waals surface area contributed by atoms with E-state index in [9.17, 15) is 33.9 Å². The lowest BCUT2D eigenvalue weighted by Gasteiger charge is -2.35. The van der Waals surface area contributed by atoms with Crippen molar-refractivity contribution in [3.05, 3.63) is 88.0 Å². The first-order chi connectivity index (χ1) is 38.2. The summed E-state index contributed by atoms with van der Waals surface area (Å²) >= 11 is 3.26. The van der Waals surface area contributed by atoms with Crippen LogP contribution in [0.15, 0.2) is 33.7 Å². The van der Waals surface area contributed by atoms with E-state index in [0.29, 0.717) is 67.9 Å². The Bertz CT molecular complexity index is 2870. The van der Waals surface area contributed by atoms with E-state index in [1.807, 2.05) is 95.2 Å². The molecule has 2 unspecified atom stereocenters. The van der Waals surface area contributed by atoms with Gasteiger partial charge in [0.15, 0.2) is 5.78 Å². The van der Waals surface area contributed by atoms with Crippen LogP contribution in [0, 0.1) is 27.7 Å². The lowest BCUT2D eigenvalue weighted by Crippen LogP contribution is -2.39. The summed E-state index contributed by atoms with van der Waals surface area (Å²) < 4.78 is 22.3. The number of anilines is 2. The standard InChI is InChI=1S/C30H44N4O5S.C22H34N2O5S.C9H13NO.CH4.ClH/c1-8-34(22-10-13-38-14-11-22)28-20(4)24(27(36)31-16-23-18(2)15-19(3)32-26(23)35)25(40-28)21-9-12-33(17-21)29(37)39-30(5,6)7;1-6-24(16-8-11-28-12-9-16)19-14(2)17(20(25)26)18(30-19)15-7-10-23(13-15)21(27)29-22(3,4)5;1-6-3-7(2)8(5-10)9(11)4-6;;/h15,21-22H,8-14,16-17H2,1-7H3,(H,31,36)(H,32,35);15-16H,6-13H2,1-5H3,(H,25,26);3H,4-5,10H2,1-2H3;1H4;1H. The van der Waals surface area contributed by atoms with Gasteiger partial charge in [-0.1, -0.05) is 19.1 Å². The van der Waals surface area contributed by atoms with Gasteiger partial charge in [-0.3, -0.25) is 14.4 Å². The number of nitrogens with one attached hydrogen (secondary N) is 2. The molecule has 0 saturated carbocycles. The summed E-state index contributed by atoms with van der Waals surface area (Å²) in [6, 6.07) is 2.65. The van der Waals surface area contributed by atoms with Gasteiger partial charge in [-0.2, -0.15) is 0 Å². The number of halogens is 1. The topological polar surface area (TPSA) is 226 Å². The summed E-state index contributed by atoms with van der Waals surface area (Å²) in [5, 5.41) is 15.2. The van der Waals surface area contributed by atoms with Gasteiger partial charge in [0.25, 0.3) is 11.5 Å². The third kappa shape index (κ3) is 18.1. The van der Waals surface area contributed by atoms with Crippen molar-refractivity contribution in [1.82, 2.24) is 20.1 Å². The molecule has 21 heteroatoms. The maximum absolute atomic E-state index is 13.8. The van der Waals surface area contributed by atoms with Crippen LogP contribution in [0.5, 0.6) is 0 Å². The SMILES string of the molecule is C.CC1=CC(C)=C(CN)C(=O)C1.CCN(c1sc(C2CCN(C(=O)OC(C)(C)C)C2)c(C(=O)NCc2c(C)cc(C)[nH]c2=O)c1C)C1CCOCC1.CCN(c1sc(C2CCN(C(=O)OC(C)(C)C)C2)c(C(=O)O)c1C)C1CCOCC1.Cl. The molecular weight excluding hydrogens is 1120 g/mol. The van der Waals surface area contributed by atoms with Crippen LogP contribution in [0.1, 0.15) is 192 Å². The Balaban J connectivity index is 0.000000302. The van der Waals surface area contributed by atoms with Crippen LogP contribution in [0.4, 0.5) is 19.6 Å². The molecule has 5 N–H and O–H groups in total. The summed E-state index contributed by atoms with van der Waals surface area (Å²) in [6.45, 7) is 34.3. The number of H-pyrrole nitrogens is 1. The molecule has 0 bridgehead atoms. The van der Waals surface area contributed by atoms with E-state index in [0.717, 1.165) is 137 Å². The van der Waals surface area contributed by atoms with Crippen molar-refractivity contribution < 1.29 is 48.0 Å². The fourth-order valence-corrected chi connectivity index (χ4v) is 14.6. The highest BCUT2D eigenvalue weighted by Gasteiger charge is 2.39. The number of allylic oxidation sites excluding steroid dienone is 3. The second kappa shape index (κ2) is 30.7. The van der Waals surface area contributed by atoms with E-state index < -0.39 is 17.2 Å². The highest BCUT2D eigenvalue weighted by Crippen LogP contribution is 2.46. The van der Waals surface area contributed by atoms with Gasteiger partial charge in [-0.25, -0.2) is 14.4 Å². The summed E-state index contributed by atoms with van der Waals surface area (Å²) in [5.74, 6) is -0.833. The normalized spacial score (nSPS) is 18.6. The predicted molar refractivity (Wildman–Crippen MR) is 336 cm³/mol. The average molecular weight is 1220 g/mol. The number of amides is 3. The summed E-state index contributed by atoms with van der Waals surface area (Å²) in [5.41, 5.74) is 12.2. The zero-order valence-electron chi connectivity index (χ0n) is 51.0. The zero-order valence-corrected chi connectivity index (χ0v) is 53.5. The molecule has 5 aliphatic rings. The first kappa shape index (κ1) is 70.2. The smallest absolute Gasteiger partial charge is 0.410 e. The molecule has 3 amide bonds. The van der Waals surface area contributed by atoms with E-state index in [1.54, 1.807) is 32.5 Å². The number of hydrogen-bond donors (Lipinski definition) is 4. The van der Waals surface area contributed by atoms with E-state index in [2.05, 4.69) is 33.9 Å². The third-order valence-corrected chi connectivity index (χ3v) is 18.4. The van der Waals surface area contributed by atoms with Gasteiger partial charge < -0.3 is 59.7 Å². The molecule has 4 aliphatic heterocycles. The number of Topliss-reactive ketones (excluding diaryl/α,β-unsaturated/α-hetero) is 1. The second-order valence-electron chi connectivity index (χ2n) is 24.0. The number of nitrogens with two attached hydrogens (primary N) is 1. The molecule has 0 radical (unpaired) electrons. The van der Waals surface area contributed by atoms with Gasteiger partial charge in [0.05, 0.1) is 21.1 Å². The molecular formula is C62H96ClN7O11S2. The molecule has 18 nitrogen and oxygen atoms in total. The third-order valence-electron chi connectivity index (χ3n) is 15.5.